The van der Waals surface area contributed by atoms with Gasteiger partial charge >= 0.3 is 0 Å². The van der Waals surface area contributed by atoms with Gasteiger partial charge in [0.15, 0.2) is 0 Å². The molecule has 0 aromatic rings. The molecule has 0 bridgehead atoms. The van der Waals surface area contributed by atoms with E-state index in [1.54, 1.807) is 5.57 Å². The van der Waals surface area contributed by atoms with Crippen LogP contribution in [0.25, 0.3) is 0 Å². The van der Waals surface area contributed by atoms with E-state index in [2.05, 4.69) is 47.6 Å². The molecule has 22 heavy (non-hydrogen) atoms. The van der Waals surface area contributed by atoms with Gasteiger partial charge in [-0.2, -0.15) is 0 Å². The first kappa shape index (κ1) is 19.8. The number of hydrogen-bond donors (Lipinski definition) is 0. The molecule has 1 fully saturated rings. The lowest BCUT2D eigenvalue weighted by molar-refractivity contribution is 0.196. The monoisotopic (exact) mass is 306 g/mol. The highest BCUT2D eigenvalue weighted by Gasteiger charge is 2.28. The minimum atomic E-state index is 0.491. The van der Waals surface area contributed by atoms with Crippen LogP contribution in [0, 0.1) is 23.2 Å². The van der Waals surface area contributed by atoms with Crippen molar-refractivity contribution in [2.24, 2.45) is 23.2 Å². The summed E-state index contributed by atoms with van der Waals surface area (Å²) in [5, 5.41) is 0. The van der Waals surface area contributed by atoms with E-state index in [0.717, 1.165) is 17.8 Å². The van der Waals surface area contributed by atoms with E-state index in [1.165, 1.54) is 64.2 Å². The van der Waals surface area contributed by atoms with Crippen LogP contribution in [-0.4, -0.2) is 0 Å². The third-order valence-corrected chi connectivity index (χ3v) is 6.23. The summed E-state index contributed by atoms with van der Waals surface area (Å²) in [6.45, 7) is 14.5. The maximum Gasteiger partial charge on any atom is -0.0326 e. The van der Waals surface area contributed by atoms with Crippen LogP contribution in [-0.2, 0) is 0 Å². The average molecular weight is 307 g/mol. The fraction of sp³-hybridized carbons (Fsp3) is 0.909. The van der Waals surface area contributed by atoms with Crippen molar-refractivity contribution in [3.8, 4) is 0 Å². The molecule has 0 aliphatic heterocycles. The molecule has 130 valence electrons. The van der Waals surface area contributed by atoms with E-state index in [-0.39, 0.29) is 0 Å². The first-order valence-corrected chi connectivity index (χ1v) is 10.0. The second-order valence-corrected chi connectivity index (χ2v) is 8.83. The number of rotatable bonds is 12. The number of allylic oxidation sites excluding steroid dienone is 2. The van der Waals surface area contributed by atoms with Gasteiger partial charge in [-0.15, -0.1) is 0 Å². The van der Waals surface area contributed by atoms with Crippen molar-refractivity contribution < 1.29 is 0 Å². The van der Waals surface area contributed by atoms with Gasteiger partial charge in [-0.1, -0.05) is 78.4 Å². The lowest BCUT2D eigenvalue weighted by atomic mass is 9.74. The number of unbranched alkanes of at least 4 members (excludes halogenated alkanes) is 1. The van der Waals surface area contributed by atoms with Crippen molar-refractivity contribution in [2.75, 3.05) is 0 Å². The van der Waals surface area contributed by atoms with Crippen molar-refractivity contribution in [1.29, 1.82) is 0 Å². The largest absolute Gasteiger partial charge is 0.0856 e. The van der Waals surface area contributed by atoms with Crippen LogP contribution >= 0.6 is 0 Å². The van der Waals surface area contributed by atoms with E-state index in [9.17, 15) is 0 Å². The second-order valence-electron chi connectivity index (χ2n) is 8.83. The van der Waals surface area contributed by atoms with Crippen molar-refractivity contribution in [1.82, 2.24) is 0 Å². The zero-order valence-electron chi connectivity index (χ0n) is 16.4. The zero-order valence-corrected chi connectivity index (χ0v) is 16.4. The Kier molecular flexibility index (Phi) is 8.80. The Labute approximate surface area is 141 Å². The Bertz CT molecular complexity index is 319. The average Bonchev–Trinajstić information content (AvgIpc) is 3.27. The van der Waals surface area contributed by atoms with Crippen molar-refractivity contribution >= 4 is 0 Å². The fourth-order valence-electron chi connectivity index (χ4n) is 3.64. The Balaban J connectivity index is 2.17. The zero-order chi connectivity index (χ0) is 16.6. The molecule has 0 nitrogen and oxygen atoms in total. The molecule has 0 aromatic carbocycles. The van der Waals surface area contributed by atoms with Crippen LogP contribution in [0.2, 0.25) is 0 Å². The van der Waals surface area contributed by atoms with Crippen LogP contribution in [0.15, 0.2) is 11.6 Å². The van der Waals surface area contributed by atoms with Crippen LogP contribution in [0.1, 0.15) is 106 Å². The Hall–Kier alpha value is -0.260. The molecular formula is C22H42. The minimum Gasteiger partial charge on any atom is -0.0856 e. The van der Waals surface area contributed by atoms with E-state index in [4.69, 9.17) is 0 Å². The normalized spacial score (nSPS) is 19.3. The summed E-state index contributed by atoms with van der Waals surface area (Å²) in [6, 6.07) is 0. The van der Waals surface area contributed by atoms with E-state index >= 15 is 0 Å². The van der Waals surface area contributed by atoms with Gasteiger partial charge in [-0.3, -0.25) is 0 Å². The molecule has 1 aliphatic rings. The summed E-state index contributed by atoms with van der Waals surface area (Å²) in [6.07, 6.45) is 16.4. The number of hydrogen-bond acceptors (Lipinski definition) is 0. The molecule has 1 saturated carbocycles. The van der Waals surface area contributed by atoms with Crippen LogP contribution < -0.4 is 0 Å². The molecule has 0 heteroatoms. The molecule has 2 unspecified atom stereocenters. The molecule has 2 atom stereocenters. The molecule has 0 heterocycles. The lowest BCUT2D eigenvalue weighted by Gasteiger charge is -2.32. The fourth-order valence-corrected chi connectivity index (χ4v) is 3.64. The van der Waals surface area contributed by atoms with Crippen molar-refractivity contribution in [3.63, 3.8) is 0 Å². The molecule has 0 spiro atoms. The highest BCUT2D eigenvalue weighted by Crippen LogP contribution is 2.39. The molecule has 0 amide bonds. The summed E-state index contributed by atoms with van der Waals surface area (Å²) in [5.41, 5.74) is 2.07. The topological polar surface area (TPSA) is 0 Å². The molecule has 1 rings (SSSR count). The Morgan fingerprint density at radius 2 is 1.77 bits per heavy atom. The summed E-state index contributed by atoms with van der Waals surface area (Å²) in [7, 11) is 0. The standard InChI is InChI=1S/C22H42/c1-7-11-18(2)12-10-17-22(5,6)20(4)14-9-8-13-19(3)21-15-16-21/h12,19-21H,7-11,13-17H2,1-6H3. The van der Waals surface area contributed by atoms with E-state index in [0.29, 0.717) is 5.41 Å². The van der Waals surface area contributed by atoms with Crippen LogP contribution in [0.3, 0.4) is 0 Å². The summed E-state index contributed by atoms with van der Waals surface area (Å²) in [5.74, 6) is 2.94. The predicted molar refractivity (Wildman–Crippen MR) is 101 cm³/mol. The predicted octanol–water partition coefficient (Wildman–Crippen LogP) is 7.78. The molecular weight excluding hydrogens is 264 g/mol. The summed E-state index contributed by atoms with van der Waals surface area (Å²) >= 11 is 0. The maximum absolute atomic E-state index is 2.48. The Morgan fingerprint density at radius 1 is 1.14 bits per heavy atom. The lowest BCUT2D eigenvalue weighted by Crippen LogP contribution is -2.21. The van der Waals surface area contributed by atoms with Crippen molar-refractivity contribution in [2.45, 2.75) is 106 Å². The molecule has 0 saturated heterocycles. The molecule has 0 radical (unpaired) electrons. The third kappa shape index (κ3) is 7.84. The van der Waals surface area contributed by atoms with Gasteiger partial charge in [0.1, 0.15) is 0 Å². The summed E-state index contributed by atoms with van der Waals surface area (Å²) < 4.78 is 0. The van der Waals surface area contributed by atoms with Gasteiger partial charge < -0.3 is 0 Å². The first-order chi connectivity index (χ1) is 10.4. The van der Waals surface area contributed by atoms with Crippen molar-refractivity contribution in [3.05, 3.63) is 11.6 Å². The minimum absolute atomic E-state index is 0.491. The smallest absolute Gasteiger partial charge is 0.0326 e. The highest BCUT2D eigenvalue weighted by molar-refractivity contribution is 4.98. The second kappa shape index (κ2) is 9.78. The highest BCUT2D eigenvalue weighted by atomic mass is 14.3. The van der Waals surface area contributed by atoms with E-state index in [1.807, 2.05) is 0 Å². The van der Waals surface area contributed by atoms with Crippen LogP contribution in [0.4, 0.5) is 0 Å². The van der Waals surface area contributed by atoms with Gasteiger partial charge in [0.05, 0.1) is 0 Å². The Morgan fingerprint density at radius 3 is 2.36 bits per heavy atom. The SMILES string of the molecule is CCCC(C)=CCCC(C)(C)C(C)CCCCC(C)C1CC1. The van der Waals surface area contributed by atoms with Gasteiger partial charge in [-0.05, 0) is 62.2 Å². The van der Waals surface area contributed by atoms with Crippen LogP contribution in [0.5, 0.6) is 0 Å². The molecule has 1 aliphatic carbocycles. The van der Waals surface area contributed by atoms with Gasteiger partial charge in [0.2, 0.25) is 0 Å². The quantitative estimate of drug-likeness (QED) is 0.255. The maximum atomic E-state index is 2.48. The van der Waals surface area contributed by atoms with Gasteiger partial charge in [0.25, 0.3) is 0 Å². The molecule has 0 aromatic heterocycles. The van der Waals surface area contributed by atoms with Gasteiger partial charge in [-0.25, -0.2) is 0 Å². The van der Waals surface area contributed by atoms with E-state index < -0.39 is 0 Å². The molecule has 0 N–H and O–H groups in total. The first-order valence-electron chi connectivity index (χ1n) is 10.0. The summed E-state index contributed by atoms with van der Waals surface area (Å²) in [4.78, 5) is 0. The van der Waals surface area contributed by atoms with Gasteiger partial charge in [0, 0.05) is 0 Å². The third-order valence-electron chi connectivity index (χ3n) is 6.23.